The zero-order valence-electron chi connectivity index (χ0n) is 12.2. The van der Waals surface area contributed by atoms with Crippen LogP contribution in [0.2, 0.25) is 0 Å². The summed E-state index contributed by atoms with van der Waals surface area (Å²) in [5.74, 6) is 0.767. The second-order valence-electron chi connectivity index (χ2n) is 5.17. The maximum absolute atomic E-state index is 12.2. The highest BCUT2D eigenvalue weighted by Gasteiger charge is 2.31. The molecule has 1 aromatic carbocycles. The molecule has 0 spiro atoms. The van der Waals surface area contributed by atoms with Crippen LogP contribution in [0.1, 0.15) is 6.42 Å². The van der Waals surface area contributed by atoms with E-state index >= 15 is 0 Å². The summed E-state index contributed by atoms with van der Waals surface area (Å²) < 4.78 is 36.5. The van der Waals surface area contributed by atoms with Crippen molar-refractivity contribution >= 4 is 15.7 Å². The number of hydrogen-bond acceptors (Lipinski definition) is 5. The van der Waals surface area contributed by atoms with Crippen molar-refractivity contribution in [1.82, 2.24) is 4.31 Å². The molecule has 0 saturated carbocycles. The van der Waals surface area contributed by atoms with E-state index in [2.05, 4.69) is 0 Å². The van der Waals surface area contributed by atoms with Crippen molar-refractivity contribution in [3.8, 4) is 5.75 Å². The molecule has 118 valence electrons. The molecule has 2 N–H and O–H groups in total. The van der Waals surface area contributed by atoms with Gasteiger partial charge in [0.05, 0.1) is 18.0 Å². The molecule has 1 aliphatic rings. The fourth-order valence-electron chi connectivity index (χ4n) is 2.42. The lowest BCUT2D eigenvalue weighted by Crippen LogP contribution is -2.33. The Bertz CT molecular complexity index is 562. The van der Waals surface area contributed by atoms with Crippen molar-refractivity contribution in [1.29, 1.82) is 0 Å². The van der Waals surface area contributed by atoms with E-state index in [9.17, 15) is 8.42 Å². The van der Waals surface area contributed by atoms with Gasteiger partial charge in [0, 0.05) is 20.2 Å². The van der Waals surface area contributed by atoms with Crippen LogP contribution in [0.5, 0.6) is 5.75 Å². The Hall–Kier alpha value is -1.31. The Morgan fingerprint density at radius 2 is 2.14 bits per heavy atom. The fourth-order valence-corrected chi connectivity index (χ4v) is 3.79. The van der Waals surface area contributed by atoms with Gasteiger partial charge < -0.3 is 15.2 Å². The van der Waals surface area contributed by atoms with Gasteiger partial charge in [0.1, 0.15) is 12.4 Å². The average Bonchev–Trinajstić information content (AvgIpc) is 2.91. The molecule has 0 bridgehead atoms. The van der Waals surface area contributed by atoms with Gasteiger partial charge in [-0.05, 0) is 24.5 Å². The monoisotopic (exact) mass is 314 g/mol. The van der Waals surface area contributed by atoms with Gasteiger partial charge in [0.15, 0.2) is 0 Å². The number of ether oxygens (including phenoxy) is 2. The van der Waals surface area contributed by atoms with Crippen molar-refractivity contribution in [3.05, 3.63) is 24.3 Å². The number of nitrogens with two attached hydrogens (primary N) is 1. The van der Waals surface area contributed by atoms with E-state index < -0.39 is 10.0 Å². The van der Waals surface area contributed by atoms with Crippen molar-refractivity contribution in [2.24, 2.45) is 5.92 Å². The number of para-hydroxylation sites is 2. The summed E-state index contributed by atoms with van der Waals surface area (Å²) in [7, 11) is -1.65. The molecule has 1 aliphatic heterocycles. The summed E-state index contributed by atoms with van der Waals surface area (Å²) in [6.45, 7) is 1.79. The van der Waals surface area contributed by atoms with E-state index in [1.165, 1.54) is 4.31 Å². The SMILES string of the molecule is COCC1CCN(S(=O)(=O)CCOc2ccccc2N)C1. The van der Waals surface area contributed by atoms with Gasteiger partial charge in [-0.15, -0.1) is 0 Å². The van der Waals surface area contributed by atoms with Gasteiger partial charge in [-0.2, -0.15) is 0 Å². The van der Waals surface area contributed by atoms with Crippen LogP contribution in [-0.2, 0) is 14.8 Å². The van der Waals surface area contributed by atoms with E-state index in [-0.39, 0.29) is 18.3 Å². The van der Waals surface area contributed by atoms with Crippen LogP contribution in [0.25, 0.3) is 0 Å². The van der Waals surface area contributed by atoms with E-state index in [1.54, 1.807) is 31.4 Å². The van der Waals surface area contributed by atoms with Crippen LogP contribution < -0.4 is 10.5 Å². The normalized spacial score (nSPS) is 19.8. The van der Waals surface area contributed by atoms with Crippen molar-refractivity contribution in [2.75, 3.05) is 44.9 Å². The predicted molar refractivity (Wildman–Crippen MR) is 81.7 cm³/mol. The highest BCUT2D eigenvalue weighted by Crippen LogP contribution is 2.21. The van der Waals surface area contributed by atoms with Crippen LogP contribution in [0.4, 0.5) is 5.69 Å². The first-order valence-corrected chi connectivity index (χ1v) is 8.58. The summed E-state index contributed by atoms with van der Waals surface area (Å²) >= 11 is 0. The quantitative estimate of drug-likeness (QED) is 0.758. The number of hydrogen-bond donors (Lipinski definition) is 1. The van der Waals surface area contributed by atoms with Crippen LogP contribution in [0.3, 0.4) is 0 Å². The Kier molecular flexibility index (Phi) is 5.44. The zero-order valence-corrected chi connectivity index (χ0v) is 13.0. The van der Waals surface area contributed by atoms with E-state index in [0.717, 1.165) is 6.42 Å². The maximum atomic E-state index is 12.2. The van der Waals surface area contributed by atoms with Gasteiger partial charge in [-0.25, -0.2) is 12.7 Å². The Morgan fingerprint density at radius 1 is 1.38 bits per heavy atom. The van der Waals surface area contributed by atoms with Crippen LogP contribution >= 0.6 is 0 Å². The molecule has 2 rings (SSSR count). The summed E-state index contributed by atoms with van der Waals surface area (Å²) in [6.07, 6.45) is 0.847. The number of anilines is 1. The van der Waals surface area contributed by atoms with Gasteiger partial charge in [0.2, 0.25) is 10.0 Å². The molecule has 1 heterocycles. The highest BCUT2D eigenvalue weighted by molar-refractivity contribution is 7.89. The molecule has 7 heteroatoms. The molecule has 1 unspecified atom stereocenters. The third-order valence-corrected chi connectivity index (χ3v) is 5.36. The first-order chi connectivity index (χ1) is 10.0. The third-order valence-electron chi connectivity index (χ3n) is 3.56. The summed E-state index contributed by atoms with van der Waals surface area (Å²) in [5, 5.41) is 0. The van der Waals surface area contributed by atoms with Crippen molar-refractivity contribution in [2.45, 2.75) is 6.42 Å². The average molecular weight is 314 g/mol. The van der Waals surface area contributed by atoms with E-state index in [1.807, 2.05) is 0 Å². The van der Waals surface area contributed by atoms with Gasteiger partial charge >= 0.3 is 0 Å². The van der Waals surface area contributed by atoms with Gasteiger partial charge in [0.25, 0.3) is 0 Å². The maximum Gasteiger partial charge on any atom is 0.217 e. The predicted octanol–water partition coefficient (Wildman–Crippen LogP) is 0.946. The molecule has 6 nitrogen and oxygen atoms in total. The van der Waals surface area contributed by atoms with Crippen molar-refractivity contribution in [3.63, 3.8) is 0 Å². The first-order valence-electron chi connectivity index (χ1n) is 6.97. The second kappa shape index (κ2) is 7.11. The molecule has 0 aliphatic carbocycles. The Balaban J connectivity index is 1.83. The Morgan fingerprint density at radius 3 is 2.86 bits per heavy atom. The van der Waals surface area contributed by atoms with E-state index in [4.69, 9.17) is 15.2 Å². The number of nitrogen functional groups attached to an aromatic ring is 1. The third kappa shape index (κ3) is 4.33. The van der Waals surface area contributed by atoms with Gasteiger partial charge in [-0.3, -0.25) is 0 Å². The number of benzene rings is 1. The molecular weight excluding hydrogens is 292 g/mol. The highest BCUT2D eigenvalue weighted by atomic mass is 32.2. The number of rotatable bonds is 7. The molecule has 1 aromatic rings. The molecule has 1 saturated heterocycles. The van der Waals surface area contributed by atoms with Crippen LogP contribution in [0.15, 0.2) is 24.3 Å². The van der Waals surface area contributed by atoms with Crippen LogP contribution in [0, 0.1) is 5.92 Å². The first kappa shape index (κ1) is 16.1. The second-order valence-corrected chi connectivity index (χ2v) is 7.26. The number of sulfonamides is 1. The largest absolute Gasteiger partial charge is 0.490 e. The molecule has 0 radical (unpaired) electrons. The molecule has 1 atom stereocenters. The number of methoxy groups -OCH3 is 1. The summed E-state index contributed by atoms with van der Waals surface area (Å²) in [6, 6.07) is 7.06. The lowest BCUT2D eigenvalue weighted by atomic mass is 10.1. The minimum atomic E-state index is -3.28. The molecular formula is C14H22N2O4S. The molecule has 0 amide bonds. The van der Waals surface area contributed by atoms with Crippen LogP contribution in [-0.4, -0.2) is 51.9 Å². The minimum Gasteiger partial charge on any atom is -0.490 e. The van der Waals surface area contributed by atoms with Crippen molar-refractivity contribution < 1.29 is 17.9 Å². The fraction of sp³-hybridized carbons (Fsp3) is 0.571. The lowest BCUT2D eigenvalue weighted by molar-refractivity contribution is 0.157. The molecule has 1 fully saturated rings. The summed E-state index contributed by atoms with van der Waals surface area (Å²) in [5.41, 5.74) is 6.26. The topological polar surface area (TPSA) is 81.9 Å². The molecule has 21 heavy (non-hydrogen) atoms. The van der Waals surface area contributed by atoms with E-state index in [0.29, 0.717) is 31.1 Å². The standard InChI is InChI=1S/C14H22N2O4S/c1-19-11-12-6-7-16(10-12)21(17,18)9-8-20-14-5-3-2-4-13(14)15/h2-5,12H,6-11,15H2,1H3. The minimum absolute atomic E-state index is 0.0406. The lowest BCUT2D eigenvalue weighted by Gasteiger charge is -2.17. The zero-order chi connectivity index (χ0) is 15.3. The smallest absolute Gasteiger partial charge is 0.217 e. The van der Waals surface area contributed by atoms with Gasteiger partial charge in [-0.1, -0.05) is 12.1 Å². The molecule has 0 aromatic heterocycles. The Labute approximate surface area is 125 Å². The number of nitrogens with zero attached hydrogens (tertiary/aromatic N) is 1. The summed E-state index contributed by atoms with van der Waals surface area (Å²) in [4.78, 5) is 0.